The maximum atomic E-state index is 5.44. The molecule has 3 heteroatoms. The van der Waals surface area contributed by atoms with Gasteiger partial charge in [-0.05, 0) is 24.4 Å². The maximum absolute atomic E-state index is 5.44. The van der Waals surface area contributed by atoms with Crippen molar-refractivity contribution in [2.24, 2.45) is 0 Å². The molecule has 0 aromatic heterocycles. The molecular formula is C14H16O3. The predicted molar refractivity (Wildman–Crippen MR) is 68.3 cm³/mol. The zero-order valence-corrected chi connectivity index (χ0v) is 10.5. The minimum atomic E-state index is 0.633. The van der Waals surface area contributed by atoms with E-state index in [1.54, 1.807) is 21.3 Å². The minimum absolute atomic E-state index is 0.633. The largest absolute Gasteiger partial charge is 0.493 e. The highest BCUT2D eigenvalue weighted by Gasteiger charge is 2.15. The van der Waals surface area contributed by atoms with E-state index in [2.05, 4.69) is 25.1 Å². The zero-order chi connectivity index (χ0) is 12.4. The first-order valence-electron chi connectivity index (χ1n) is 5.40. The molecule has 0 atom stereocenters. The molecule has 17 heavy (non-hydrogen) atoms. The van der Waals surface area contributed by atoms with Crippen molar-refractivity contribution in [2.45, 2.75) is 6.92 Å². The second-order valence-electron chi connectivity index (χ2n) is 3.87. The van der Waals surface area contributed by atoms with Crippen molar-refractivity contribution in [1.29, 1.82) is 0 Å². The molecule has 0 radical (unpaired) electrons. The number of methoxy groups -OCH3 is 3. The lowest BCUT2D eigenvalue weighted by atomic mass is 10.1. The summed E-state index contributed by atoms with van der Waals surface area (Å²) in [5.74, 6) is 2.03. The van der Waals surface area contributed by atoms with Crippen LogP contribution in [0.4, 0.5) is 0 Å². The molecule has 0 spiro atoms. The lowest BCUT2D eigenvalue weighted by Crippen LogP contribution is -1.96. The molecule has 0 saturated heterocycles. The van der Waals surface area contributed by atoms with Crippen molar-refractivity contribution in [1.82, 2.24) is 0 Å². The Hall–Kier alpha value is -1.90. The van der Waals surface area contributed by atoms with Crippen molar-refractivity contribution in [3.63, 3.8) is 0 Å². The standard InChI is InChI=1S/C14H16O3/c1-9-5-6-10-8-12(15-2)14(17-4)13(16-3)11(10)7-9/h5-8H,1-4H3. The highest BCUT2D eigenvalue weighted by atomic mass is 16.5. The van der Waals surface area contributed by atoms with Gasteiger partial charge in [0, 0.05) is 5.39 Å². The number of hydrogen-bond acceptors (Lipinski definition) is 3. The fourth-order valence-corrected chi connectivity index (χ4v) is 1.98. The Morgan fingerprint density at radius 2 is 1.53 bits per heavy atom. The van der Waals surface area contributed by atoms with E-state index >= 15 is 0 Å². The van der Waals surface area contributed by atoms with Crippen LogP contribution in [0.25, 0.3) is 10.8 Å². The lowest BCUT2D eigenvalue weighted by Gasteiger charge is -2.15. The summed E-state index contributed by atoms with van der Waals surface area (Å²) in [6.07, 6.45) is 0. The van der Waals surface area contributed by atoms with E-state index in [1.807, 2.05) is 6.07 Å². The molecule has 0 aliphatic heterocycles. The Morgan fingerprint density at radius 1 is 0.824 bits per heavy atom. The zero-order valence-electron chi connectivity index (χ0n) is 10.5. The lowest BCUT2D eigenvalue weighted by molar-refractivity contribution is 0.327. The van der Waals surface area contributed by atoms with E-state index in [0.717, 1.165) is 10.8 Å². The van der Waals surface area contributed by atoms with E-state index in [9.17, 15) is 0 Å². The fourth-order valence-electron chi connectivity index (χ4n) is 1.98. The first kappa shape index (κ1) is 11.6. The van der Waals surface area contributed by atoms with Gasteiger partial charge in [-0.3, -0.25) is 0 Å². The third-order valence-corrected chi connectivity index (χ3v) is 2.80. The van der Waals surface area contributed by atoms with Gasteiger partial charge in [-0.25, -0.2) is 0 Å². The molecular weight excluding hydrogens is 216 g/mol. The predicted octanol–water partition coefficient (Wildman–Crippen LogP) is 3.17. The van der Waals surface area contributed by atoms with Crippen LogP contribution in [0.2, 0.25) is 0 Å². The second kappa shape index (κ2) is 4.53. The summed E-state index contributed by atoms with van der Waals surface area (Å²) in [4.78, 5) is 0. The van der Waals surface area contributed by atoms with Crippen LogP contribution in [0.3, 0.4) is 0 Å². The molecule has 0 amide bonds. The molecule has 0 bridgehead atoms. The number of rotatable bonds is 3. The molecule has 90 valence electrons. The highest BCUT2D eigenvalue weighted by molar-refractivity contribution is 5.93. The Balaban J connectivity index is 2.84. The van der Waals surface area contributed by atoms with Gasteiger partial charge in [0.25, 0.3) is 0 Å². The van der Waals surface area contributed by atoms with E-state index in [4.69, 9.17) is 14.2 Å². The molecule has 2 aromatic carbocycles. The number of aryl methyl sites for hydroxylation is 1. The van der Waals surface area contributed by atoms with Crippen molar-refractivity contribution in [3.8, 4) is 17.2 Å². The number of fused-ring (bicyclic) bond motifs is 1. The van der Waals surface area contributed by atoms with E-state index in [1.165, 1.54) is 5.56 Å². The monoisotopic (exact) mass is 232 g/mol. The minimum Gasteiger partial charge on any atom is -0.493 e. The number of benzene rings is 2. The van der Waals surface area contributed by atoms with Crippen LogP contribution < -0.4 is 14.2 Å². The fraction of sp³-hybridized carbons (Fsp3) is 0.286. The summed E-state index contributed by atoms with van der Waals surface area (Å²) in [6.45, 7) is 2.05. The molecule has 2 aromatic rings. The van der Waals surface area contributed by atoms with Gasteiger partial charge in [-0.15, -0.1) is 0 Å². The molecule has 0 aliphatic rings. The third-order valence-electron chi connectivity index (χ3n) is 2.80. The van der Waals surface area contributed by atoms with Gasteiger partial charge in [0.1, 0.15) is 0 Å². The topological polar surface area (TPSA) is 27.7 Å². The summed E-state index contributed by atoms with van der Waals surface area (Å²) in [5, 5.41) is 2.11. The molecule has 0 fully saturated rings. The Labute approximate surface area is 101 Å². The normalized spacial score (nSPS) is 10.4. The molecule has 0 unspecified atom stereocenters. The van der Waals surface area contributed by atoms with Gasteiger partial charge < -0.3 is 14.2 Å². The molecule has 0 heterocycles. The SMILES string of the molecule is COc1cc2ccc(C)cc2c(OC)c1OC. The summed E-state index contributed by atoms with van der Waals surface area (Å²) in [5.41, 5.74) is 1.18. The van der Waals surface area contributed by atoms with Crippen LogP contribution in [0.15, 0.2) is 24.3 Å². The third kappa shape index (κ3) is 1.88. The van der Waals surface area contributed by atoms with Gasteiger partial charge in [-0.1, -0.05) is 17.7 Å². The van der Waals surface area contributed by atoms with Crippen molar-refractivity contribution in [2.75, 3.05) is 21.3 Å². The van der Waals surface area contributed by atoms with Crippen LogP contribution >= 0.6 is 0 Å². The number of hydrogen-bond donors (Lipinski definition) is 0. The first-order chi connectivity index (χ1) is 8.21. The van der Waals surface area contributed by atoms with Crippen LogP contribution in [-0.4, -0.2) is 21.3 Å². The molecule has 0 N–H and O–H groups in total. The quantitative estimate of drug-likeness (QED) is 0.813. The molecule has 0 aliphatic carbocycles. The second-order valence-corrected chi connectivity index (χ2v) is 3.87. The van der Waals surface area contributed by atoms with Gasteiger partial charge in [0.15, 0.2) is 11.5 Å². The van der Waals surface area contributed by atoms with Gasteiger partial charge in [0.05, 0.1) is 21.3 Å². The first-order valence-corrected chi connectivity index (χ1v) is 5.40. The van der Waals surface area contributed by atoms with E-state index < -0.39 is 0 Å². The van der Waals surface area contributed by atoms with Gasteiger partial charge in [-0.2, -0.15) is 0 Å². The Kier molecular flexibility index (Phi) is 3.09. The van der Waals surface area contributed by atoms with Gasteiger partial charge >= 0.3 is 0 Å². The smallest absolute Gasteiger partial charge is 0.203 e. The van der Waals surface area contributed by atoms with E-state index in [0.29, 0.717) is 17.2 Å². The summed E-state index contributed by atoms with van der Waals surface area (Å²) in [7, 11) is 4.87. The van der Waals surface area contributed by atoms with Crippen LogP contribution in [0.5, 0.6) is 17.2 Å². The Bertz CT molecular complexity index is 547. The number of ether oxygens (including phenoxy) is 3. The summed E-state index contributed by atoms with van der Waals surface area (Å²) < 4.78 is 16.1. The van der Waals surface area contributed by atoms with Crippen molar-refractivity contribution in [3.05, 3.63) is 29.8 Å². The van der Waals surface area contributed by atoms with Crippen molar-refractivity contribution < 1.29 is 14.2 Å². The van der Waals surface area contributed by atoms with Crippen LogP contribution in [0, 0.1) is 6.92 Å². The summed E-state index contributed by atoms with van der Waals surface area (Å²) >= 11 is 0. The average molecular weight is 232 g/mol. The highest BCUT2D eigenvalue weighted by Crippen LogP contribution is 2.43. The maximum Gasteiger partial charge on any atom is 0.203 e. The van der Waals surface area contributed by atoms with Crippen LogP contribution in [-0.2, 0) is 0 Å². The summed E-state index contributed by atoms with van der Waals surface area (Å²) in [6, 6.07) is 8.15. The molecule has 3 nitrogen and oxygen atoms in total. The average Bonchev–Trinajstić information content (AvgIpc) is 2.36. The Morgan fingerprint density at radius 3 is 2.12 bits per heavy atom. The van der Waals surface area contributed by atoms with Gasteiger partial charge in [0.2, 0.25) is 5.75 Å². The molecule has 0 saturated carbocycles. The van der Waals surface area contributed by atoms with E-state index in [-0.39, 0.29) is 0 Å². The molecule has 2 rings (SSSR count). The van der Waals surface area contributed by atoms with Crippen molar-refractivity contribution >= 4 is 10.8 Å². The van der Waals surface area contributed by atoms with Crippen LogP contribution in [0.1, 0.15) is 5.56 Å².